The summed E-state index contributed by atoms with van der Waals surface area (Å²) in [6.45, 7) is 6.32. The fourth-order valence-electron chi connectivity index (χ4n) is 5.67. The van der Waals surface area contributed by atoms with Crippen LogP contribution in [0.4, 0.5) is 15.3 Å². The molecule has 5 N–H and O–H groups in total. The Morgan fingerprint density at radius 1 is 1.13 bits per heavy atom. The van der Waals surface area contributed by atoms with Crippen LogP contribution in [0, 0.1) is 11.3 Å². The number of ether oxygens (including phenoxy) is 4. The quantitative estimate of drug-likeness (QED) is 0.207. The zero-order valence-electron chi connectivity index (χ0n) is 26.6. The Hall–Kier alpha value is -3.43. The topological polar surface area (TPSA) is 179 Å². The first-order valence-electron chi connectivity index (χ1n) is 15.6. The summed E-state index contributed by atoms with van der Waals surface area (Å²) in [5, 5.41) is 17.1. The first-order chi connectivity index (χ1) is 21.9. The van der Waals surface area contributed by atoms with Crippen molar-refractivity contribution in [1.29, 1.82) is 0 Å². The van der Waals surface area contributed by atoms with E-state index in [4.69, 9.17) is 24.7 Å². The fraction of sp³-hybridized carbons (Fsp3) is 0.562. The molecule has 2 fully saturated rings. The molecule has 0 saturated carbocycles. The number of aliphatic hydroxyl groups excluding tert-OH is 1. The van der Waals surface area contributed by atoms with Crippen LogP contribution in [0.25, 0.3) is 0 Å². The van der Waals surface area contributed by atoms with E-state index in [0.717, 1.165) is 5.56 Å². The van der Waals surface area contributed by atoms with Crippen LogP contribution in [-0.2, 0) is 35.4 Å². The molecule has 46 heavy (non-hydrogen) atoms. The molecular weight excluding hydrogens is 616 g/mol. The fourth-order valence-corrected chi connectivity index (χ4v) is 7.37. The summed E-state index contributed by atoms with van der Waals surface area (Å²) >= 11 is 0. The Bertz CT molecular complexity index is 1410. The number of nitrogens with zero attached hydrogens (tertiary/aromatic N) is 1. The van der Waals surface area contributed by atoms with Gasteiger partial charge in [-0.3, -0.25) is 0 Å². The number of nitrogen functional groups attached to an aromatic ring is 1. The smallest absolute Gasteiger partial charge is 0.407 e. The average Bonchev–Trinajstić information content (AvgIpc) is 3.62. The van der Waals surface area contributed by atoms with Crippen LogP contribution in [0.5, 0.6) is 0 Å². The highest BCUT2D eigenvalue weighted by Gasteiger charge is 2.44. The minimum atomic E-state index is -4.16. The van der Waals surface area contributed by atoms with Crippen LogP contribution in [0.15, 0.2) is 59.5 Å². The van der Waals surface area contributed by atoms with Gasteiger partial charge in [0.25, 0.3) is 0 Å². The molecule has 2 amide bonds. The highest BCUT2D eigenvalue weighted by atomic mass is 32.2. The second kappa shape index (κ2) is 15.9. The molecule has 2 heterocycles. The van der Waals surface area contributed by atoms with E-state index in [1.54, 1.807) is 19.1 Å². The molecule has 2 aliphatic heterocycles. The van der Waals surface area contributed by atoms with E-state index >= 15 is 0 Å². The van der Waals surface area contributed by atoms with Gasteiger partial charge in [0.15, 0.2) is 6.29 Å². The van der Waals surface area contributed by atoms with Crippen molar-refractivity contribution < 1.29 is 42.1 Å². The van der Waals surface area contributed by atoms with Crippen LogP contribution in [0.2, 0.25) is 0 Å². The molecule has 2 aromatic rings. The Labute approximate surface area is 270 Å². The molecule has 2 saturated heterocycles. The maximum atomic E-state index is 14.0. The van der Waals surface area contributed by atoms with Crippen LogP contribution >= 0.6 is 0 Å². The molecule has 5 atom stereocenters. The van der Waals surface area contributed by atoms with Crippen LogP contribution in [0.1, 0.15) is 39.2 Å². The number of carbonyl (C=O) groups excluding carboxylic acids is 2. The molecule has 0 spiro atoms. The molecule has 0 radical (unpaired) electrons. The maximum Gasteiger partial charge on any atom is 0.407 e. The Morgan fingerprint density at radius 3 is 2.61 bits per heavy atom. The van der Waals surface area contributed by atoms with Crippen molar-refractivity contribution in [1.82, 2.24) is 14.9 Å². The highest BCUT2D eigenvalue weighted by molar-refractivity contribution is 7.89. The summed E-state index contributed by atoms with van der Waals surface area (Å²) in [7, 11) is -4.16. The minimum absolute atomic E-state index is 0.00329. The van der Waals surface area contributed by atoms with Crippen LogP contribution < -0.4 is 16.4 Å². The van der Waals surface area contributed by atoms with Gasteiger partial charge in [-0.25, -0.2) is 18.0 Å². The number of alkyl carbamates (subject to hydrolysis) is 2. The van der Waals surface area contributed by atoms with E-state index in [2.05, 4.69) is 10.6 Å². The second-order valence-corrected chi connectivity index (χ2v) is 14.3. The molecule has 0 aliphatic carbocycles. The van der Waals surface area contributed by atoms with E-state index in [1.807, 2.05) is 44.2 Å². The molecule has 2 aromatic carbocycles. The predicted octanol–water partition coefficient (Wildman–Crippen LogP) is 2.88. The van der Waals surface area contributed by atoms with Gasteiger partial charge in [0.2, 0.25) is 10.0 Å². The SMILES string of the molecule is CCOC(=O)NCCC(C)(C)CN(C[C@@H](O)[C@H](Cc1ccccc1)NC(=O)O[C@H]1CO[C@H]2OCC[C@H]21)S(=O)(=O)c1cccc(N)c1. The van der Waals surface area contributed by atoms with Crippen molar-refractivity contribution in [3.8, 4) is 0 Å². The number of anilines is 1. The monoisotopic (exact) mass is 662 g/mol. The highest BCUT2D eigenvalue weighted by Crippen LogP contribution is 2.33. The lowest BCUT2D eigenvalue weighted by atomic mass is 9.89. The third kappa shape index (κ3) is 9.79. The number of hydrogen-bond acceptors (Lipinski definition) is 10. The standard InChI is InChI=1S/C32H46N4O9S/c1-4-42-30(38)34-15-14-32(2,3)21-36(46(40,41)24-12-8-11-23(33)18-24)19-27(37)26(17-22-9-6-5-7-10-22)35-31(39)45-28-20-44-29-25(28)13-16-43-29/h5-12,18,25-29,37H,4,13-17,19-21,33H2,1-3H3,(H,34,38)(H,35,39)/t25-,26-,27+,28-,29+/m0/s1. The number of nitrogens with one attached hydrogen (secondary N) is 2. The van der Waals surface area contributed by atoms with Gasteiger partial charge in [-0.05, 0) is 55.4 Å². The third-order valence-corrected chi connectivity index (χ3v) is 9.95. The van der Waals surface area contributed by atoms with Gasteiger partial charge < -0.3 is 40.4 Å². The number of rotatable bonds is 15. The van der Waals surface area contributed by atoms with Crippen molar-refractivity contribution in [3.63, 3.8) is 0 Å². The van der Waals surface area contributed by atoms with Gasteiger partial charge in [0, 0.05) is 25.3 Å². The Morgan fingerprint density at radius 2 is 1.89 bits per heavy atom. The number of carbonyl (C=O) groups is 2. The first-order valence-corrected chi connectivity index (χ1v) is 17.0. The van der Waals surface area contributed by atoms with E-state index in [9.17, 15) is 23.1 Å². The number of sulfonamides is 1. The zero-order valence-corrected chi connectivity index (χ0v) is 27.4. The summed E-state index contributed by atoms with van der Waals surface area (Å²) in [4.78, 5) is 24.9. The lowest BCUT2D eigenvalue weighted by molar-refractivity contribution is -0.0907. The predicted molar refractivity (Wildman–Crippen MR) is 170 cm³/mol. The van der Waals surface area contributed by atoms with E-state index in [0.29, 0.717) is 19.4 Å². The number of fused-ring (bicyclic) bond motifs is 1. The van der Waals surface area contributed by atoms with Crippen LogP contribution in [-0.4, -0.2) is 94.0 Å². The number of amides is 2. The first kappa shape index (κ1) is 35.4. The molecule has 254 valence electrons. The Kier molecular flexibility index (Phi) is 12.3. The number of hydrogen-bond donors (Lipinski definition) is 4. The number of aliphatic hydroxyl groups is 1. The molecule has 14 heteroatoms. The lowest BCUT2D eigenvalue weighted by Crippen LogP contribution is -2.52. The van der Waals surface area contributed by atoms with Crippen molar-refractivity contribution in [2.75, 3.05) is 45.2 Å². The van der Waals surface area contributed by atoms with E-state index in [1.165, 1.54) is 16.4 Å². The molecule has 0 aromatic heterocycles. The average molecular weight is 663 g/mol. The zero-order chi connectivity index (χ0) is 33.3. The van der Waals surface area contributed by atoms with Gasteiger partial charge >= 0.3 is 12.2 Å². The Balaban J connectivity index is 1.54. The van der Waals surface area contributed by atoms with Crippen molar-refractivity contribution >= 4 is 27.9 Å². The summed E-state index contributed by atoms with van der Waals surface area (Å²) in [6, 6.07) is 14.3. The summed E-state index contributed by atoms with van der Waals surface area (Å²) < 4.78 is 51.0. The van der Waals surface area contributed by atoms with Crippen molar-refractivity contribution in [3.05, 3.63) is 60.2 Å². The summed E-state index contributed by atoms with van der Waals surface area (Å²) in [5.41, 5.74) is 6.39. The van der Waals surface area contributed by atoms with Crippen molar-refractivity contribution in [2.24, 2.45) is 11.3 Å². The summed E-state index contributed by atoms with van der Waals surface area (Å²) in [6.07, 6.45) is -2.18. The van der Waals surface area contributed by atoms with Gasteiger partial charge in [-0.15, -0.1) is 0 Å². The molecular formula is C32H46N4O9S. The maximum absolute atomic E-state index is 14.0. The van der Waals surface area contributed by atoms with Crippen LogP contribution in [0.3, 0.4) is 0 Å². The largest absolute Gasteiger partial charge is 0.450 e. The number of nitrogens with two attached hydrogens (primary N) is 1. The van der Waals surface area contributed by atoms with Crippen molar-refractivity contribution in [2.45, 2.75) is 69.5 Å². The normalized spacial score (nSPS) is 20.9. The van der Waals surface area contributed by atoms with Gasteiger partial charge in [0.05, 0.1) is 42.8 Å². The molecule has 4 rings (SSSR count). The van der Waals surface area contributed by atoms with E-state index in [-0.39, 0.29) is 55.8 Å². The molecule has 0 bridgehead atoms. The molecule has 2 aliphatic rings. The lowest BCUT2D eigenvalue weighted by Gasteiger charge is -2.35. The van der Waals surface area contributed by atoms with Gasteiger partial charge in [-0.2, -0.15) is 4.31 Å². The number of benzene rings is 2. The van der Waals surface area contributed by atoms with E-state index < -0.39 is 52.2 Å². The van der Waals surface area contributed by atoms with Gasteiger partial charge in [0.1, 0.15) is 6.10 Å². The molecule has 13 nitrogen and oxygen atoms in total. The van der Waals surface area contributed by atoms with Gasteiger partial charge in [-0.1, -0.05) is 50.2 Å². The summed E-state index contributed by atoms with van der Waals surface area (Å²) in [5.74, 6) is -0.0669. The minimum Gasteiger partial charge on any atom is -0.450 e. The third-order valence-electron chi connectivity index (χ3n) is 8.15. The second-order valence-electron chi connectivity index (χ2n) is 12.4. The molecule has 0 unspecified atom stereocenters.